The van der Waals surface area contributed by atoms with Crippen LogP contribution in [0.15, 0.2) is 24.3 Å². The topological polar surface area (TPSA) is 49.4 Å². The van der Waals surface area contributed by atoms with Crippen molar-refractivity contribution in [3.05, 3.63) is 35.4 Å². The quantitative estimate of drug-likeness (QED) is 0.905. The molecule has 0 bridgehead atoms. The van der Waals surface area contributed by atoms with Crippen LogP contribution >= 0.6 is 0 Å². The van der Waals surface area contributed by atoms with Gasteiger partial charge in [-0.05, 0) is 25.8 Å². The molecule has 4 atom stereocenters. The predicted octanol–water partition coefficient (Wildman–Crippen LogP) is 1.97. The highest BCUT2D eigenvalue weighted by atomic mass is 32.2. The minimum absolute atomic E-state index is 0.0782. The van der Waals surface area contributed by atoms with E-state index in [0.29, 0.717) is 6.54 Å². The molecular formula is C16H24N2O2S. The van der Waals surface area contributed by atoms with Gasteiger partial charge in [0, 0.05) is 28.9 Å². The molecule has 1 aromatic carbocycles. The standard InChI is InChI=1S/C16H24N2O2S/c1-11-5-7-14(8-6-11)15-17-13(3)16(19)18(15)10-9-12(2)21(4)20/h5-8,12-13,15,17H,9-10H2,1-4H3. The minimum Gasteiger partial charge on any atom is -0.322 e. The second kappa shape index (κ2) is 6.71. The molecule has 0 saturated carbocycles. The number of nitrogens with zero attached hydrogens (tertiary/aromatic N) is 1. The lowest BCUT2D eigenvalue weighted by atomic mass is 10.1. The van der Waals surface area contributed by atoms with Gasteiger partial charge in [0.25, 0.3) is 0 Å². The first-order valence-electron chi connectivity index (χ1n) is 7.35. The summed E-state index contributed by atoms with van der Waals surface area (Å²) in [6.07, 6.45) is 2.39. The molecule has 0 spiro atoms. The monoisotopic (exact) mass is 308 g/mol. The van der Waals surface area contributed by atoms with Gasteiger partial charge in [0.15, 0.2) is 0 Å². The van der Waals surface area contributed by atoms with E-state index in [1.54, 1.807) is 6.26 Å². The van der Waals surface area contributed by atoms with Crippen molar-refractivity contribution in [3.8, 4) is 0 Å². The van der Waals surface area contributed by atoms with Gasteiger partial charge in [-0.1, -0.05) is 36.8 Å². The maximum Gasteiger partial charge on any atom is 0.241 e. The number of aryl methyl sites for hydroxylation is 1. The Morgan fingerprint density at radius 1 is 1.33 bits per heavy atom. The Hall–Kier alpha value is -1.20. The second-order valence-corrected chi connectivity index (χ2v) is 7.63. The molecule has 1 saturated heterocycles. The fourth-order valence-electron chi connectivity index (χ4n) is 2.53. The third-order valence-electron chi connectivity index (χ3n) is 4.11. The predicted molar refractivity (Wildman–Crippen MR) is 86.4 cm³/mol. The van der Waals surface area contributed by atoms with Gasteiger partial charge in [-0.15, -0.1) is 0 Å². The van der Waals surface area contributed by atoms with E-state index in [1.165, 1.54) is 5.56 Å². The lowest BCUT2D eigenvalue weighted by molar-refractivity contribution is -0.129. The summed E-state index contributed by atoms with van der Waals surface area (Å²) in [5.74, 6) is 0.120. The van der Waals surface area contributed by atoms with E-state index >= 15 is 0 Å². The molecule has 0 aromatic heterocycles. The van der Waals surface area contributed by atoms with Crippen molar-refractivity contribution < 1.29 is 9.00 Å². The number of benzene rings is 1. The Morgan fingerprint density at radius 2 is 1.95 bits per heavy atom. The molecule has 4 nitrogen and oxygen atoms in total. The molecule has 1 aliphatic heterocycles. The number of carbonyl (C=O) groups excluding carboxylic acids is 1. The van der Waals surface area contributed by atoms with E-state index in [4.69, 9.17) is 0 Å². The third kappa shape index (κ3) is 3.71. The summed E-state index contributed by atoms with van der Waals surface area (Å²) in [4.78, 5) is 14.2. The molecule has 2 rings (SSSR count). The van der Waals surface area contributed by atoms with Gasteiger partial charge in [-0.3, -0.25) is 14.3 Å². The molecule has 1 aromatic rings. The largest absolute Gasteiger partial charge is 0.322 e. The fourth-order valence-corrected chi connectivity index (χ4v) is 2.96. The summed E-state index contributed by atoms with van der Waals surface area (Å²) in [6.45, 7) is 6.55. The molecule has 5 heteroatoms. The van der Waals surface area contributed by atoms with Crippen LogP contribution in [0.4, 0.5) is 0 Å². The number of nitrogens with one attached hydrogen (secondary N) is 1. The van der Waals surface area contributed by atoms with Crippen LogP contribution in [0.25, 0.3) is 0 Å². The van der Waals surface area contributed by atoms with E-state index < -0.39 is 10.8 Å². The van der Waals surface area contributed by atoms with Crippen LogP contribution < -0.4 is 5.32 Å². The zero-order valence-electron chi connectivity index (χ0n) is 13.1. The SMILES string of the molecule is Cc1ccc(C2NC(C)C(=O)N2CCC(C)S(C)=O)cc1. The van der Waals surface area contributed by atoms with Crippen molar-refractivity contribution in [2.75, 3.05) is 12.8 Å². The molecule has 4 unspecified atom stereocenters. The van der Waals surface area contributed by atoms with Gasteiger partial charge >= 0.3 is 0 Å². The summed E-state index contributed by atoms with van der Waals surface area (Å²) in [5.41, 5.74) is 2.31. The van der Waals surface area contributed by atoms with E-state index in [-0.39, 0.29) is 23.4 Å². The van der Waals surface area contributed by atoms with E-state index in [0.717, 1.165) is 12.0 Å². The average Bonchev–Trinajstić information content (AvgIpc) is 2.73. The molecular weight excluding hydrogens is 284 g/mol. The van der Waals surface area contributed by atoms with Crippen molar-refractivity contribution in [1.29, 1.82) is 0 Å². The van der Waals surface area contributed by atoms with Crippen LogP contribution in [0.2, 0.25) is 0 Å². The first-order chi connectivity index (χ1) is 9.90. The van der Waals surface area contributed by atoms with Crippen LogP contribution in [0.3, 0.4) is 0 Å². The van der Waals surface area contributed by atoms with Crippen molar-refractivity contribution in [3.63, 3.8) is 0 Å². The summed E-state index contributed by atoms with van der Waals surface area (Å²) in [5, 5.41) is 3.45. The Kier molecular flexibility index (Phi) is 5.17. The average molecular weight is 308 g/mol. The van der Waals surface area contributed by atoms with Gasteiger partial charge in [-0.25, -0.2) is 0 Å². The van der Waals surface area contributed by atoms with Crippen LogP contribution in [-0.4, -0.2) is 39.1 Å². The summed E-state index contributed by atoms with van der Waals surface area (Å²) >= 11 is 0. The smallest absolute Gasteiger partial charge is 0.241 e. The summed E-state index contributed by atoms with van der Waals surface area (Å²) < 4.78 is 11.5. The van der Waals surface area contributed by atoms with E-state index in [1.807, 2.05) is 18.7 Å². The van der Waals surface area contributed by atoms with Crippen LogP contribution in [-0.2, 0) is 15.6 Å². The van der Waals surface area contributed by atoms with Gasteiger partial charge in [0.1, 0.15) is 6.17 Å². The van der Waals surface area contributed by atoms with Gasteiger partial charge in [0.2, 0.25) is 5.91 Å². The van der Waals surface area contributed by atoms with Crippen LogP contribution in [0.1, 0.15) is 37.6 Å². The Morgan fingerprint density at radius 3 is 2.52 bits per heavy atom. The first kappa shape index (κ1) is 16.2. The van der Waals surface area contributed by atoms with Gasteiger partial charge in [-0.2, -0.15) is 0 Å². The number of carbonyl (C=O) groups is 1. The van der Waals surface area contributed by atoms with Crippen molar-refractivity contribution in [1.82, 2.24) is 10.2 Å². The minimum atomic E-state index is -0.847. The summed E-state index contributed by atoms with van der Waals surface area (Å²) in [7, 11) is -0.847. The molecule has 0 aliphatic carbocycles. The molecule has 1 amide bonds. The van der Waals surface area contributed by atoms with Crippen LogP contribution in [0.5, 0.6) is 0 Å². The lowest BCUT2D eigenvalue weighted by Crippen LogP contribution is -2.33. The second-order valence-electron chi connectivity index (χ2n) is 5.83. The van der Waals surface area contributed by atoms with Crippen molar-refractivity contribution in [2.24, 2.45) is 0 Å². The Labute approximate surface area is 129 Å². The molecule has 0 radical (unpaired) electrons. The number of amides is 1. The van der Waals surface area contributed by atoms with Gasteiger partial charge < -0.3 is 4.90 Å². The number of rotatable bonds is 5. The van der Waals surface area contributed by atoms with E-state index in [2.05, 4.69) is 36.5 Å². The van der Waals surface area contributed by atoms with Crippen molar-refractivity contribution in [2.45, 2.75) is 44.6 Å². The third-order valence-corrected chi connectivity index (χ3v) is 5.48. The van der Waals surface area contributed by atoms with Gasteiger partial charge in [0.05, 0.1) is 6.04 Å². The Bertz CT molecular complexity index is 530. The Balaban J connectivity index is 2.13. The number of hydrogen-bond donors (Lipinski definition) is 1. The zero-order chi connectivity index (χ0) is 15.6. The van der Waals surface area contributed by atoms with Crippen molar-refractivity contribution >= 4 is 16.7 Å². The first-order valence-corrected chi connectivity index (χ1v) is 8.97. The number of hydrogen-bond acceptors (Lipinski definition) is 3. The maximum atomic E-state index is 12.3. The highest BCUT2D eigenvalue weighted by Crippen LogP contribution is 2.26. The molecule has 1 heterocycles. The normalized spacial score (nSPS) is 25.1. The molecule has 1 fully saturated rings. The highest BCUT2D eigenvalue weighted by Gasteiger charge is 2.36. The van der Waals surface area contributed by atoms with Crippen LogP contribution in [0, 0.1) is 6.92 Å². The fraction of sp³-hybridized carbons (Fsp3) is 0.562. The molecule has 21 heavy (non-hydrogen) atoms. The zero-order valence-corrected chi connectivity index (χ0v) is 13.9. The molecule has 1 aliphatic rings. The lowest BCUT2D eigenvalue weighted by Gasteiger charge is -2.25. The highest BCUT2D eigenvalue weighted by molar-refractivity contribution is 7.84. The maximum absolute atomic E-state index is 12.3. The molecule has 1 N–H and O–H groups in total. The summed E-state index contributed by atoms with van der Waals surface area (Å²) in [6, 6.07) is 8.08. The van der Waals surface area contributed by atoms with E-state index in [9.17, 15) is 9.00 Å². The molecule has 116 valence electrons.